The van der Waals surface area contributed by atoms with E-state index in [-0.39, 0.29) is 0 Å². The van der Waals surface area contributed by atoms with Crippen LogP contribution in [0.4, 0.5) is 0 Å². The van der Waals surface area contributed by atoms with E-state index in [0.717, 1.165) is 16.7 Å². The standard InChI is InChI=1S/C34H20N2S/c35-21-27-18-26(15-16-36-27)24-10-6-9-23(17-24)25-13-14-30-32(19-25)37-33-20-31(22-7-2-1-3-8-22)28-11-4-5-12-29(28)34(30)33/h1-20H. The van der Waals surface area contributed by atoms with Crippen molar-refractivity contribution in [2.75, 3.05) is 0 Å². The molecule has 0 saturated heterocycles. The number of hydrogen-bond acceptors (Lipinski definition) is 3. The molecule has 0 radical (unpaired) electrons. The Morgan fingerprint density at radius 1 is 0.541 bits per heavy atom. The van der Waals surface area contributed by atoms with Gasteiger partial charge in [0.1, 0.15) is 11.8 Å². The highest BCUT2D eigenvalue weighted by Crippen LogP contribution is 2.43. The number of hydrogen-bond donors (Lipinski definition) is 0. The molecule has 0 aliphatic rings. The molecule has 0 aliphatic carbocycles. The summed E-state index contributed by atoms with van der Waals surface area (Å²) in [5.41, 5.74) is 7.35. The maximum absolute atomic E-state index is 9.24. The third kappa shape index (κ3) is 3.67. The maximum atomic E-state index is 9.24. The first kappa shape index (κ1) is 21.5. The molecule has 0 aliphatic heterocycles. The lowest BCUT2D eigenvalue weighted by Crippen LogP contribution is -1.85. The molecule has 0 saturated carbocycles. The average molecular weight is 489 g/mol. The monoisotopic (exact) mass is 488 g/mol. The van der Waals surface area contributed by atoms with Crippen molar-refractivity contribution in [3.63, 3.8) is 0 Å². The lowest BCUT2D eigenvalue weighted by atomic mass is 9.94. The summed E-state index contributed by atoms with van der Waals surface area (Å²) in [5.74, 6) is 0. The highest BCUT2D eigenvalue weighted by atomic mass is 32.1. The fourth-order valence-corrected chi connectivity index (χ4v) is 6.43. The summed E-state index contributed by atoms with van der Waals surface area (Å²) in [6, 6.07) is 43.0. The first-order valence-corrected chi connectivity index (χ1v) is 13.0. The fraction of sp³-hybridized carbons (Fsp3) is 0. The molecule has 2 aromatic heterocycles. The summed E-state index contributed by atoms with van der Waals surface area (Å²) in [7, 11) is 0. The van der Waals surface area contributed by atoms with Gasteiger partial charge in [0.25, 0.3) is 0 Å². The van der Waals surface area contributed by atoms with Crippen molar-refractivity contribution in [1.82, 2.24) is 4.98 Å². The van der Waals surface area contributed by atoms with Crippen molar-refractivity contribution in [3.05, 3.63) is 127 Å². The summed E-state index contributed by atoms with van der Waals surface area (Å²) in [5, 5.41) is 14.4. The Kier molecular flexibility index (Phi) is 5.06. The molecule has 7 rings (SSSR count). The van der Waals surface area contributed by atoms with Crippen molar-refractivity contribution >= 4 is 42.3 Å². The second-order valence-electron chi connectivity index (χ2n) is 9.14. The molecule has 7 aromatic rings. The molecule has 0 N–H and O–H groups in total. The summed E-state index contributed by atoms with van der Waals surface area (Å²) in [6.45, 7) is 0. The third-order valence-electron chi connectivity index (χ3n) is 6.97. The first-order valence-electron chi connectivity index (χ1n) is 12.2. The van der Waals surface area contributed by atoms with Crippen molar-refractivity contribution < 1.29 is 0 Å². The zero-order chi connectivity index (χ0) is 24.8. The Morgan fingerprint density at radius 3 is 2.05 bits per heavy atom. The van der Waals surface area contributed by atoms with Gasteiger partial charge in [0.15, 0.2) is 0 Å². The van der Waals surface area contributed by atoms with E-state index in [9.17, 15) is 5.26 Å². The molecule has 37 heavy (non-hydrogen) atoms. The van der Waals surface area contributed by atoms with Gasteiger partial charge in [-0.05, 0) is 74.5 Å². The quantitative estimate of drug-likeness (QED) is 0.248. The summed E-state index contributed by atoms with van der Waals surface area (Å²) in [6.07, 6.45) is 1.69. The van der Waals surface area contributed by atoms with Crippen LogP contribution in [-0.2, 0) is 0 Å². The van der Waals surface area contributed by atoms with E-state index in [4.69, 9.17) is 0 Å². The molecular weight excluding hydrogens is 468 g/mol. The first-order chi connectivity index (χ1) is 18.3. The molecule has 0 bridgehead atoms. The predicted octanol–water partition coefficient (Wildman–Crippen LogP) is 9.48. The number of nitrogens with zero attached hydrogens (tertiary/aromatic N) is 2. The lowest BCUT2D eigenvalue weighted by molar-refractivity contribution is 1.26. The van der Waals surface area contributed by atoms with Crippen LogP contribution in [0.15, 0.2) is 121 Å². The molecule has 0 unspecified atom stereocenters. The van der Waals surface area contributed by atoms with Gasteiger partial charge < -0.3 is 0 Å². The fourth-order valence-electron chi connectivity index (χ4n) is 5.23. The predicted molar refractivity (Wildman–Crippen MR) is 156 cm³/mol. The summed E-state index contributed by atoms with van der Waals surface area (Å²) < 4.78 is 2.59. The van der Waals surface area contributed by atoms with Gasteiger partial charge in [0.2, 0.25) is 0 Å². The van der Waals surface area contributed by atoms with E-state index >= 15 is 0 Å². The van der Waals surface area contributed by atoms with Crippen LogP contribution in [0.2, 0.25) is 0 Å². The van der Waals surface area contributed by atoms with E-state index in [0.29, 0.717) is 5.69 Å². The molecule has 0 fully saturated rings. The number of rotatable bonds is 3. The van der Waals surface area contributed by atoms with Gasteiger partial charge in [-0.25, -0.2) is 4.98 Å². The van der Waals surface area contributed by atoms with Crippen LogP contribution in [0.25, 0.3) is 64.3 Å². The largest absolute Gasteiger partial charge is 0.246 e. The second-order valence-corrected chi connectivity index (χ2v) is 10.2. The molecule has 0 spiro atoms. The zero-order valence-corrected chi connectivity index (χ0v) is 20.7. The highest BCUT2D eigenvalue weighted by Gasteiger charge is 2.14. The van der Waals surface area contributed by atoms with E-state index in [1.807, 2.05) is 23.5 Å². The number of pyridine rings is 1. The molecule has 3 heteroatoms. The van der Waals surface area contributed by atoms with Crippen LogP contribution in [-0.4, -0.2) is 4.98 Å². The van der Waals surface area contributed by atoms with E-state index in [2.05, 4.69) is 114 Å². The van der Waals surface area contributed by atoms with Gasteiger partial charge in [-0.15, -0.1) is 11.3 Å². The maximum Gasteiger partial charge on any atom is 0.141 e. The Morgan fingerprint density at radius 2 is 1.24 bits per heavy atom. The van der Waals surface area contributed by atoms with E-state index in [1.165, 1.54) is 47.6 Å². The van der Waals surface area contributed by atoms with Crippen LogP contribution in [0.1, 0.15) is 5.69 Å². The summed E-state index contributed by atoms with van der Waals surface area (Å²) >= 11 is 1.86. The van der Waals surface area contributed by atoms with Crippen molar-refractivity contribution in [2.45, 2.75) is 0 Å². The second kappa shape index (κ2) is 8.71. The number of benzene rings is 5. The van der Waals surface area contributed by atoms with Gasteiger partial charge in [0, 0.05) is 26.4 Å². The Labute approximate surface area is 218 Å². The van der Waals surface area contributed by atoms with Crippen molar-refractivity contribution in [3.8, 4) is 39.4 Å². The van der Waals surface area contributed by atoms with Gasteiger partial charge in [-0.2, -0.15) is 5.26 Å². The number of aromatic nitrogens is 1. The van der Waals surface area contributed by atoms with Crippen LogP contribution in [0.3, 0.4) is 0 Å². The van der Waals surface area contributed by atoms with Gasteiger partial charge in [0.05, 0.1) is 0 Å². The number of thiophene rings is 1. The SMILES string of the molecule is N#Cc1cc(-c2cccc(-c3ccc4c(c3)sc3cc(-c5ccccc5)c5ccccc5c34)c2)ccn1. The minimum Gasteiger partial charge on any atom is -0.246 e. The normalized spacial score (nSPS) is 11.2. The van der Waals surface area contributed by atoms with Gasteiger partial charge in [-0.1, -0.05) is 84.9 Å². The highest BCUT2D eigenvalue weighted by molar-refractivity contribution is 7.26. The number of fused-ring (bicyclic) bond motifs is 5. The van der Waals surface area contributed by atoms with Crippen molar-refractivity contribution in [2.24, 2.45) is 0 Å². The molecule has 0 atom stereocenters. The molecular formula is C34H20N2S. The molecule has 172 valence electrons. The average Bonchev–Trinajstić information content (AvgIpc) is 3.35. The van der Waals surface area contributed by atoms with Crippen LogP contribution >= 0.6 is 11.3 Å². The molecule has 2 nitrogen and oxygen atoms in total. The number of nitriles is 1. The minimum absolute atomic E-state index is 0.427. The van der Waals surface area contributed by atoms with E-state index in [1.54, 1.807) is 6.20 Å². The van der Waals surface area contributed by atoms with Crippen molar-refractivity contribution in [1.29, 1.82) is 5.26 Å². The zero-order valence-electron chi connectivity index (χ0n) is 19.8. The van der Waals surface area contributed by atoms with Gasteiger partial charge >= 0.3 is 0 Å². The third-order valence-corrected chi connectivity index (χ3v) is 8.07. The Hall–Kier alpha value is -4.78. The lowest BCUT2D eigenvalue weighted by Gasteiger charge is -2.09. The molecule has 0 amide bonds. The Balaban J connectivity index is 1.40. The van der Waals surface area contributed by atoms with E-state index < -0.39 is 0 Å². The van der Waals surface area contributed by atoms with Crippen LogP contribution in [0.5, 0.6) is 0 Å². The van der Waals surface area contributed by atoms with Gasteiger partial charge in [-0.3, -0.25) is 0 Å². The van der Waals surface area contributed by atoms with Crippen LogP contribution in [0, 0.1) is 11.3 Å². The minimum atomic E-state index is 0.427. The molecule has 5 aromatic carbocycles. The van der Waals surface area contributed by atoms with Crippen LogP contribution < -0.4 is 0 Å². The summed E-state index contributed by atoms with van der Waals surface area (Å²) in [4.78, 5) is 4.11. The topological polar surface area (TPSA) is 36.7 Å². The smallest absolute Gasteiger partial charge is 0.141 e. The Bertz CT molecular complexity index is 1990. The molecule has 2 heterocycles.